The van der Waals surface area contributed by atoms with E-state index in [2.05, 4.69) is 33.4 Å². The summed E-state index contributed by atoms with van der Waals surface area (Å²) in [7, 11) is -15.4. The first kappa shape index (κ1) is 28.5. The highest BCUT2D eigenvalue weighted by molar-refractivity contribution is 7.66. The molecule has 35 heavy (non-hydrogen) atoms. The zero-order chi connectivity index (χ0) is 26.4. The molecule has 0 aromatic carbocycles. The van der Waals surface area contributed by atoms with Gasteiger partial charge in [-0.2, -0.15) is 8.62 Å². The number of anilines is 1. The normalized spacial score (nSPS) is 28.7. The molecule has 0 bridgehead atoms. The number of rotatable bonds is 10. The van der Waals surface area contributed by atoms with Gasteiger partial charge in [-0.15, -0.1) is 11.6 Å². The smallest absolute Gasteiger partial charge is 0.387 e. The van der Waals surface area contributed by atoms with Crippen LogP contribution in [0.5, 0.6) is 0 Å². The summed E-state index contributed by atoms with van der Waals surface area (Å²) in [5, 5.41) is 13.3. The van der Waals surface area contributed by atoms with Crippen molar-refractivity contribution in [3.8, 4) is 0 Å². The molecule has 198 valence electrons. The van der Waals surface area contributed by atoms with Crippen LogP contribution < -0.4 is 5.32 Å². The second-order valence-electron chi connectivity index (χ2n) is 7.15. The molecule has 6 atom stereocenters. The van der Waals surface area contributed by atoms with Crippen LogP contribution in [-0.4, -0.2) is 81.6 Å². The minimum atomic E-state index is -5.79. The van der Waals surface area contributed by atoms with Gasteiger partial charge >= 0.3 is 23.5 Å². The molecule has 0 spiro atoms. The molecule has 17 nitrogen and oxygen atoms in total. The summed E-state index contributed by atoms with van der Waals surface area (Å²) in [4.78, 5) is 48.5. The zero-order valence-electron chi connectivity index (χ0n) is 17.7. The number of fused-ring (bicyclic) bond motifs is 1. The van der Waals surface area contributed by atoms with Crippen molar-refractivity contribution in [1.82, 2.24) is 19.5 Å². The average Bonchev–Trinajstić information content (AvgIpc) is 3.23. The third-order valence-electron chi connectivity index (χ3n) is 4.63. The van der Waals surface area contributed by atoms with Crippen molar-refractivity contribution >= 4 is 52.1 Å². The van der Waals surface area contributed by atoms with Crippen LogP contribution in [0.15, 0.2) is 6.33 Å². The predicted molar refractivity (Wildman–Crippen MR) is 114 cm³/mol. The number of aliphatic hydroxyl groups excluding tert-OH is 1. The SMILES string of the molecule is CNc1nc(C)nc2c1ncn2[C@@H]1O[C@](CCl)(COP(=O)(O)OP(=O)(O)OP(=O)(O)O)[C@@H](O)[C@@H]1F. The number of aromatic nitrogens is 4. The van der Waals surface area contributed by atoms with Crippen molar-refractivity contribution in [3.05, 3.63) is 12.2 Å². The van der Waals surface area contributed by atoms with Crippen molar-refractivity contribution in [3.63, 3.8) is 0 Å². The first-order valence-electron chi connectivity index (χ1n) is 9.26. The van der Waals surface area contributed by atoms with Gasteiger partial charge in [-0.3, -0.25) is 9.09 Å². The standard InChI is InChI=1S/C13H20ClFN5O12P3/c1-6-18-10(16-2)8-11(19-6)20(5-17-8)12-7(15)9(21)13(3-14,30-12)4-29-34(25,26)32-35(27,28)31-33(22,23)24/h5,7,9,12,21H,3-4H2,1-2H3,(H,25,26)(H,27,28)(H,16,18,19)(H2,22,23,24)/t7-,9-,12+,13+/m0/s1. The maximum absolute atomic E-state index is 15.2. The van der Waals surface area contributed by atoms with Gasteiger partial charge in [0.25, 0.3) is 0 Å². The van der Waals surface area contributed by atoms with Gasteiger partial charge in [0.05, 0.1) is 18.8 Å². The number of imidazole rings is 1. The predicted octanol–water partition coefficient (Wildman–Crippen LogP) is 0.725. The number of halogens is 2. The van der Waals surface area contributed by atoms with E-state index in [0.717, 1.165) is 10.9 Å². The monoisotopic (exact) mass is 585 g/mol. The maximum atomic E-state index is 15.2. The van der Waals surface area contributed by atoms with E-state index in [1.54, 1.807) is 14.0 Å². The maximum Gasteiger partial charge on any atom is 0.490 e. The number of hydrogen-bond acceptors (Lipinski definition) is 12. The van der Waals surface area contributed by atoms with E-state index in [4.69, 9.17) is 26.1 Å². The lowest BCUT2D eigenvalue weighted by Gasteiger charge is -2.29. The molecule has 1 fully saturated rings. The second kappa shape index (κ2) is 9.99. The van der Waals surface area contributed by atoms with E-state index < -0.39 is 60.1 Å². The summed E-state index contributed by atoms with van der Waals surface area (Å²) in [6.45, 7) is 0.404. The summed E-state index contributed by atoms with van der Waals surface area (Å²) < 4.78 is 67.9. The van der Waals surface area contributed by atoms with E-state index in [1.165, 1.54) is 0 Å². The first-order valence-corrected chi connectivity index (χ1v) is 14.3. The summed E-state index contributed by atoms with van der Waals surface area (Å²) in [5.74, 6) is -0.0752. The summed E-state index contributed by atoms with van der Waals surface area (Å²) in [6, 6.07) is 0. The number of alkyl halides is 2. The van der Waals surface area contributed by atoms with Crippen LogP contribution in [0.25, 0.3) is 11.2 Å². The summed E-state index contributed by atoms with van der Waals surface area (Å²) in [5.41, 5.74) is -1.82. The number of ether oxygens (including phenoxy) is 1. The first-order chi connectivity index (χ1) is 16.0. The second-order valence-corrected chi connectivity index (χ2v) is 11.8. The molecule has 6 N–H and O–H groups in total. The molecule has 2 aromatic rings. The van der Waals surface area contributed by atoms with E-state index in [0.29, 0.717) is 11.6 Å². The van der Waals surface area contributed by atoms with E-state index in [1.807, 2.05) is 0 Å². The minimum absolute atomic E-state index is 0.125. The fourth-order valence-electron chi connectivity index (χ4n) is 3.18. The molecule has 22 heteroatoms. The minimum Gasteiger partial charge on any atom is -0.387 e. The highest BCUT2D eigenvalue weighted by Crippen LogP contribution is 2.66. The van der Waals surface area contributed by atoms with Gasteiger partial charge in [0.1, 0.15) is 17.5 Å². The topological polar surface area (TPSA) is 245 Å². The van der Waals surface area contributed by atoms with Gasteiger partial charge in [0.15, 0.2) is 29.4 Å². The Morgan fingerprint density at radius 2 is 1.89 bits per heavy atom. The summed E-state index contributed by atoms with van der Waals surface area (Å²) >= 11 is 5.86. The fourth-order valence-corrected chi connectivity index (χ4v) is 6.55. The Morgan fingerprint density at radius 1 is 1.23 bits per heavy atom. The number of aliphatic hydroxyl groups is 1. The van der Waals surface area contributed by atoms with E-state index in [-0.39, 0.29) is 11.2 Å². The molecule has 0 aliphatic carbocycles. The molecule has 1 saturated heterocycles. The number of phosphoric ester groups is 1. The van der Waals surface area contributed by atoms with Gasteiger partial charge in [0, 0.05) is 7.05 Å². The van der Waals surface area contributed by atoms with Crippen molar-refractivity contribution in [1.29, 1.82) is 0 Å². The Balaban J connectivity index is 1.84. The molecule has 1 aliphatic heterocycles. The van der Waals surface area contributed by atoms with Crippen molar-refractivity contribution in [2.75, 3.05) is 24.9 Å². The van der Waals surface area contributed by atoms with Gasteiger partial charge in [-0.25, -0.2) is 33.0 Å². The largest absolute Gasteiger partial charge is 0.490 e. The Kier molecular flexibility index (Phi) is 8.12. The summed E-state index contributed by atoms with van der Waals surface area (Å²) in [6.07, 6.45) is -4.68. The molecule has 0 radical (unpaired) electrons. The van der Waals surface area contributed by atoms with Gasteiger partial charge in [-0.1, -0.05) is 0 Å². The third kappa shape index (κ3) is 6.25. The van der Waals surface area contributed by atoms with Crippen molar-refractivity contribution in [2.24, 2.45) is 0 Å². The van der Waals surface area contributed by atoms with Crippen molar-refractivity contribution in [2.45, 2.75) is 31.0 Å². The number of aryl methyl sites for hydroxylation is 1. The Hall–Kier alpha value is -1.10. The number of nitrogens with one attached hydrogen (secondary N) is 1. The quantitative estimate of drug-likeness (QED) is 0.166. The molecule has 3 rings (SSSR count). The van der Waals surface area contributed by atoms with Crippen LogP contribution >= 0.6 is 35.1 Å². The van der Waals surface area contributed by atoms with Crippen LogP contribution in [0, 0.1) is 6.92 Å². The molecule has 1 aliphatic rings. The lowest BCUT2D eigenvalue weighted by atomic mass is 9.99. The van der Waals surface area contributed by atoms with Gasteiger partial charge in [0.2, 0.25) is 0 Å². The Bertz CT molecular complexity index is 1250. The van der Waals surface area contributed by atoms with Crippen molar-refractivity contribution < 1.29 is 60.6 Å². The van der Waals surface area contributed by atoms with Crippen LogP contribution in [-0.2, 0) is 31.6 Å². The average molecular weight is 586 g/mol. The molecule has 0 saturated carbocycles. The number of hydrogen-bond donors (Lipinski definition) is 6. The van der Waals surface area contributed by atoms with Crippen LogP contribution in [0.2, 0.25) is 0 Å². The van der Waals surface area contributed by atoms with Crippen LogP contribution in [0.3, 0.4) is 0 Å². The highest BCUT2D eigenvalue weighted by atomic mass is 35.5. The van der Waals surface area contributed by atoms with E-state index in [9.17, 15) is 28.6 Å². The Labute approximate surface area is 200 Å². The number of nitrogens with zero attached hydrogens (tertiary/aromatic N) is 4. The van der Waals surface area contributed by atoms with E-state index >= 15 is 4.39 Å². The molecular weight excluding hydrogens is 566 g/mol. The molecular formula is C13H20ClFN5O12P3. The van der Waals surface area contributed by atoms with Crippen LogP contribution in [0.1, 0.15) is 12.1 Å². The highest BCUT2D eigenvalue weighted by Gasteiger charge is 2.57. The Morgan fingerprint density at radius 3 is 2.46 bits per heavy atom. The molecule has 0 amide bonds. The lowest BCUT2D eigenvalue weighted by molar-refractivity contribution is -0.111. The zero-order valence-corrected chi connectivity index (χ0v) is 21.1. The third-order valence-corrected chi connectivity index (χ3v) is 8.86. The molecule has 2 unspecified atom stereocenters. The molecule has 2 aromatic heterocycles. The molecule has 3 heterocycles. The number of phosphoric acid groups is 3. The van der Waals surface area contributed by atoms with Gasteiger partial charge in [-0.05, 0) is 6.92 Å². The van der Waals surface area contributed by atoms with Crippen LogP contribution in [0.4, 0.5) is 10.2 Å². The lowest BCUT2D eigenvalue weighted by Crippen LogP contribution is -2.47. The fraction of sp³-hybridized carbons (Fsp3) is 0.615. The van der Waals surface area contributed by atoms with Gasteiger partial charge < -0.3 is 34.7 Å².